The fourth-order valence-corrected chi connectivity index (χ4v) is 4.21. The highest BCUT2D eigenvalue weighted by Gasteiger charge is 2.46. The molecule has 1 heterocycles. The molecule has 7 nitrogen and oxygen atoms in total. The van der Waals surface area contributed by atoms with Crippen LogP contribution in [0.3, 0.4) is 0 Å². The van der Waals surface area contributed by atoms with Crippen LogP contribution in [0.5, 0.6) is 11.5 Å². The lowest BCUT2D eigenvalue weighted by Crippen LogP contribution is -2.35. The van der Waals surface area contributed by atoms with E-state index in [1.165, 1.54) is 12.0 Å². The predicted molar refractivity (Wildman–Crippen MR) is 138 cm³/mol. The van der Waals surface area contributed by atoms with Crippen LogP contribution in [-0.4, -0.2) is 60.9 Å². The quantitative estimate of drug-likeness (QED) is 0.277. The zero-order valence-electron chi connectivity index (χ0n) is 20.7. The van der Waals surface area contributed by atoms with Crippen LogP contribution in [0.15, 0.2) is 84.4 Å². The Morgan fingerprint density at radius 1 is 0.944 bits per heavy atom. The van der Waals surface area contributed by atoms with Gasteiger partial charge in [-0.3, -0.25) is 9.59 Å². The zero-order valence-corrected chi connectivity index (χ0v) is 20.7. The van der Waals surface area contributed by atoms with E-state index in [9.17, 15) is 14.7 Å². The lowest BCUT2D eigenvalue weighted by atomic mass is 9.95. The average molecular weight is 487 g/mol. The van der Waals surface area contributed by atoms with Crippen molar-refractivity contribution in [1.29, 1.82) is 0 Å². The van der Waals surface area contributed by atoms with Crippen molar-refractivity contribution in [3.8, 4) is 11.5 Å². The van der Waals surface area contributed by atoms with E-state index in [-0.39, 0.29) is 11.3 Å². The van der Waals surface area contributed by atoms with Crippen molar-refractivity contribution in [2.45, 2.75) is 12.6 Å². The van der Waals surface area contributed by atoms with Crippen molar-refractivity contribution in [3.63, 3.8) is 0 Å². The highest BCUT2D eigenvalue weighted by molar-refractivity contribution is 6.46. The van der Waals surface area contributed by atoms with Crippen molar-refractivity contribution in [2.24, 2.45) is 0 Å². The fraction of sp³-hybridized carbons (Fsp3) is 0.241. The van der Waals surface area contributed by atoms with Gasteiger partial charge in [0.05, 0.1) is 18.7 Å². The van der Waals surface area contributed by atoms with Crippen molar-refractivity contribution in [3.05, 3.63) is 101 Å². The van der Waals surface area contributed by atoms with E-state index in [4.69, 9.17) is 9.47 Å². The molecule has 0 aromatic heterocycles. The van der Waals surface area contributed by atoms with Crippen LogP contribution in [0.2, 0.25) is 0 Å². The van der Waals surface area contributed by atoms with E-state index in [2.05, 4.69) is 0 Å². The van der Waals surface area contributed by atoms with Crippen LogP contribution in [0.25, 0.3) is 5.76 Å². The molecular formula is C29H30N2O5. The topological polar surface area (TPSA) is 79.3 Å². The Balaban J connectivity index is 1.75. The largest absolute Gasteiger partial charge is 0.507 e. The Hall–Kier alpha value is -4.10. The number of likely N-dealkylation sites (tertiary alicyclic amines) is 1. The van der Waals surface area contributed by atoms with Crippen LogP contribution in [-0.2, 0) is 16.2 Å². The number of nitrogens with zero attached hydrogens (tertiary/aromatic N) is 2. The summed E-state index contributed by atoms with van der Waals surface area (Å²) < 4.78 is 11.3. The lowest BCUT2D eigenvalue weighted by molar-refractivity contribution is -0.140. The third-order valence-electron chi connectivity index (χ3n) is 6.09. The van der Waals surface area contributed by atoms with Gasteiger partial charge in [0.1, 0.15) is 23.9 Å². The number of ether oxygens (including phenoxy) is 2. The van der Waals surface area contributed by atoms with Crippen LogP contribution in [0, 0.1) is 0 Å². The maximum Gasteiger partial charge on any atom is 0.295 e. The number of hydrogen-bond donors (Lipinski definition) is 1. The van der Waals surface area contributed by atoms with Gasteiger partial charge in [-0.05, 0) is 49.5 Å². The average Bonchev–Trinajstić information content (AvgIpc) is 3.16. The number of benzene rings is 3. The second-order valence-electron chi connectivity index (χ2n) is 8.87. The normalized spacial score (nSPS) is 17.0. The van der Waals surface area contributed by atoms with Gasteiger partial charge in [0.2, 0.25) is 0 Å². The van der Waals surface area contributed by atoms with Crippen LogP contribution < -0.4 is 9.47 Å². The maximum absolute atomic E-state index is 13.2. The number of likely N-dealkylation sites (N-methyl/N-ethyl adjacent to an activating group) is 1. The molecule has 1 amide bonds. The van der Waals surface area contributed by atoms with Crippen molar-refractivity contribution in [1.82, 2.24) is 9.80 Å². The van der Waals surface area contributed by atoms with Gasteiger partial charge >= 0.3 is 0 Å². The predicted octanol–water partition coefficient (Wildman–Crippen LogP) is 4.26. The van der Waals surface area contributed by atoms with E-state index >= 15 is 0 Å². The standard InChI is InChI=1S/C29H30N2O5/c1-30(2)15-16-31-26(21-11-7-14-24(17-21)36-19-20-9-5-4-6-10-20)25(28(33)29(31)34)27(32)22-12-8-13-23(18-22)35-3/h4-14,17-18,26,32H,15-16,19H2,1-3H3/b27-25-. The molecule has 0 spiro atoms. The van der Waals surface area contributed by atoms with E-state index in [1.54, 1.807) is 24.3 Å². The molecule has 1 aliphatic heterocycles. The molecule has 1 saturated heterocycles. The molecule has 4 rings (SSSR count). The first kappa shape index (κ1) is 25.0. The van der Waals surface area contributed by atoms with Gasteiger partial charge in [0.15, 0.2) is 0 Å². The summed E-state index contributed by atoms with van der Waals surface area (Å²) in [4.78, 5) is 29.8. The van der Waals surface area contributed by atoms with Gasteiger partial charge in [0, 0.05) is 18.7 Å². The Labute approximate surface area is 211 Å². The summed E-state index contributed by atoms with van der Waals surface area (Å²) in [5.41, 5.74) is 2.16. The van der Waals surface area contributed by atoms with Crippen molar-refractivity contribution < 1.29 is 24.2 Å². The molecule has 0 aliphatic carbocycles. The number of Topliss-reactive ketones (excluding diaryl/α,β-unsaturated/α-hetero) is 1. The third-order valence-corrected chi connectivity index (χ3v) is 6.09. The molecule has 0 saturated carbocycles. The molecule has 1 fully saturated rings. The SMILES string of the molecule is COc1cccc(/C(O)=C2/C(=O)C(=O)N(CCN(C)C)C2c2cccc(OCc3ccccc3)c2)c1. The zero-order chi connectivity index (χ0) is 25.7. The highest BCUT2D eigenvalue weighted by Crippen LogP contribution is 2.40. The number of hydrogen-bond acceptors (Lipinski definition) is 6. The number of rotatable bonds is 9. The van der Waals surface area contributed by atoms with Gasteiger partial charge in [-0.15, -0.1) is 0 Å². The second-order valence-corrected chi connectivity index (χ2v) is 8.87. The number of aliphatic hydroxyl groups is 1. The van der Waals surface area contributed by atoms with Gasteiger partial charge in [0.25, 0.3) is 11.7 Å². The number of aliphatic hydroxyl groups excluding tert-OH is 1. The Bertz CT molecular complexity index is 1270. The number of carbonyl (C=O) groups is 2. The smallest absolute Gasteiger partial charge is 0.295 e. The van der Waals surface area contributed by atoms with Crippen molar-refractivity contribution in [2.75, 3.05) is 34.3 Å². The number of amides is 1. The number of methoxy groups -OCH3 is 1. The summed E-state index contributed by atoms with van der Waals surface area (Å²) in [6.07, 6.45) is 0. The van der Waals surface area contributed by atoms with Gasteiger partial charge in [-0.2, -0.15) is 0 Å². The van der Waals surface area contributed by atoms with Crippen LogP contribution >= 0.6 is 0 Å². The molecule has 3 aromatic rings. The summed E-state index contributed by atoms with van der Waals surface area (Å²) in [6.45, 7) is 1.27. The molecule has 3 aromatic carbocycles. The van der Waals surface area contributed by atoms with Gasteiger partial charge in [-0.25, -0.2) is 0 Å². The van der Waals surface area contributed by atoms with Crippen LogP contribution in [0.4, 0.5) is 0 Å². The first-order valence-electron chi connectivity index (χ1n) is 11.7. The Kier molecular flexibility index (Phi) is 7.71. The van der Waals surface area contributed by atoms with E-state index < -0.39 is 17.7 Å². The molecule has 7 heteroatoms. The molecule has 0 bridgehead atoms. The Morgan fingerprint density at radius 3 is 2.39 bits per heavy atom. The molecule has 1 aliphatic rings. The molecule has 1 N–H and O–H groups in total. The summed E-state index contributed by atoms with van der Waals surface area (Å²) in [5.74, 6) is -0.443. The number of carbonyl (C=O) groups excluding carboxylic acids is 2. The van der Waals surface area contributed by atoms with E-state index in [1.807, 2.05) is 73.6 Å². The Morgan fingerprint density at radius 2 is 1.67 bits per heavy atom. The molecular weight excluding hydrogens is 456 g/mol. The fourth-order valence-electron chi connectivity index (χ4n) is 4.21. The summed E-state index contributed by atoms with van der Waals surface area (Å²) in [7, 11) is 5.33. The minimum atomic E-state index is -0.753. The van der Waals surface area contributed by atoms with Crippen molar-refractivity contribution >= 4 is 17.4 Å². The van der Waals surface area contributed by atoms with E-state index in [0.29, 0.717) is 42.3 Å². The highest BCUT2D eigenvalue weighted by atomic mass is 16.5. The van der Waals surface area contributed by atoms with E-state index in [0.717, 1.165) is 5.56 Å². The first-order valence-corrected chi connectivity index (χ1v) is 11.7. The molecule has 1 unspecified atom stereocenters. The molecule has 36 heavy (non-hydrogen) atoms. The minimum Gasteiger partial charge on any atom is -0.507 e. The molecule has 0 radical (unpaired) electrons. The second kappa shape index (κ2) is 11.1. The lowest BCUT2D eigenvalue weighted by Gasteiger charge is -2.27. The molecule has 186 valence electrons. The van der Waals surface area contributed by atoms with Gasteiger partial charge < -0.3 is 24.4 Å². The minimum absolute atomic E-state index is 0.0484. The summed E-state index contributed by atoms with van der Waals surface area (Å²) in [6, 6.07) is 23.2. The summed E-state index contributed by atoms with van der Waals surface area (Å²) >= 11 is 0. The monoisotopic (exact) mass is 486 g/mol. The molecule has 1 atom stereocenters. The van der Waals surface area contributed by atoms with Crippen LogP contribution in [0.1, 0.15) is 22.7 Å². The number of ketones is 1. The first-order chi connectivity index (χ1) is 17.4. The van der Waals surface area contributed by atoms with Gasteiger partial charge in [-0.1, -0.05) is 54.6 Å². The summed E-state index contributed by atoms with van der Waals surface area (Å²) in [5, 5.41) is 11.3. The third kappa shape index (κ3) is 5.42. The maximum atomic E-state index is 13.2.